The summed E-state index contributed by atoms with van der Waals surface area (Å²) in [4.78, 5) is 24.4. The zero-order chi connectivity index (χ0) is 23.3. The second kappa shape index (κ2) is 10.3. The summed E-state index contributed by atoms with van der Waals surface area (Å²) in [6.07, 6.45) is 2.80. The van der Waals surface area contributed by atoms with Gasteiger partial charge in [0.1, 0.15) is 0 Å². The van der Waals surface area contributed by atoms with Gasteiger partial charge in [0, 0.05) is 24.7 Å². The Kier molecular flexibility index (Phi) is 7.69. The maximum atomic E-state index is 13.1. The third-order valence-electron chi connectivity index (χ3n) is 5.80. The second-order valence-electron chi connectivity index (χ2n) is 8.40. The third kappa shape index (κ3) is 5.75. The first-order valence-electron chi connectivity index (χ1n) is 10.9. The van der Waals surface area contributed by atoms with Crippen molar-refractivity contribution in [1.29, 1.82) is 0 Å². The van der Waals surface area contributed by atoms with Crippen LogP contribution in [0.2, 0.25) is 0 Å². The number of carbonyl (C=O) groups is 2. The molecule has 1 aliphatic rings. The molecule has 1 heterocycles. The molecule has 2 N–H and O–H groups in total. The van der Waals surface area contributed by atoms with Gasteiger partial charge in [0.15, 0.2) is 0 Å². The summed E-state index contributed by atoms with van der Waals surface area (Å²) >= 11 is 0. The monoisotopic (exact) mass is 457 g/mol. The molecule has 0 spiro atoms. The highest BCUT2D eigenvalue weighted by molar-refractivity contribution is 7.89. The topological polar surface area (TPSA) is 95.6 Å². The van der Waals surface area contributed by atoms with E-state index in [1.807, 2.05) is 44.2 Å². The van der Waals surface area contributed by atoms with Gasteiger partial charge in [0.2, 0.25) is 21.8 Å². The lowest BCUT2D eigenvalue weighted by molar-refractivity contribution is -0.120. The summed E-state index contributed by atoms with van der Waals surface area (Å²) < 4.78 is 27.9. The lowest BCUT2D eigenvalue weighted by Crippen LogP contribution is -2.47. The van der Waals surface area contributed by atoms with Crippen molar-refractivity contribution >= 4 is 27.5 Å². The van der Waals surface area contributed by atoms with Gasteiger partial charge in [0.05, 0.1) is 17.4 Å². The molecule has 3 atom stereocenters. The van der Waals surface area contributed by atoms with E-state index >= 15 is 0 Å². The average Bonchev–Trinajstić information content (AvgIpc) is 2.73. The van der Waals surface area contributed by atoms with Gasteiger partial charge in [-0.1, -0.05) is 36.8 Å². The van der Waals surface area contributed by atoms with Crippen LogP contribution in [0.1, 0.15) is 58.1 Å². The number of nitrogens with one attached hydrogen (secondary N) is 2. The fraction of sp³-hybridized carbons (Fsp3) is 0.417. The largest absolute Gasteiger partial charge is 0.349 e. The summed E-state index contributed by atoms with van der Waals surface area (Å²) in [7, 11) is -3.60. The van der Waals surface area contributed by atoms with E-state index in [9.17, 15) is 18.0 Å². The first-order chi connectivity index (χ1) is 15.2. The Morgan fingerprint density at radius 3 is 2.16 bits per heavy atom. The number of nitrogens with zero attached hydrogens (tertiary/aromatic N) is 1. The van der Waals surface area contributed by atoms with Crippen LogP contribution in [0.3, 0.4) is 0 Å². The van der Waals surface area contributed by atoms with E-state index in [-0.39, 0.29) is 35.2 Å². The predicted molar refractivity (Wildman–Crippen MR) is 124 cm³/mol. The molecule has 0 radical (unpaired) electrons. The fourth-order valence-corrected chi connectivity index (χ4v) is 6.17. The Labute approximate surface area is 190 Å². The second-order valence-corrected chi connectivity index (χ2v) is 10.2. The number of rotatable bonds is 7. The molecule has 0 aromatic heterocycles. The lowest BCUT2D eigenvalue weighted by Gasteiger charge is -2.37. The molecule has 1 saturated heterocycles. The highest BCUT2D eigenvalue weighted by Crippen LogP contribution is 2.30. The molecule has 2 amide bonds. The van der Waals surface area contributed by atoms with E-state index in [1.165, 1.54) is 19.1 Å². The first kappa shape index (κ1) is 23.9. The zero-order valence-corrected chi connectivity index (χ0v) is 19.6. The van der Waals surface area contributed by atoms with Crippen molar-refractivity contribution in [3.8, 4) is 0 Å². The Hall–Kier alpha value is -2.71. The van der Waals surface area contributed by atoms with E-state index in [4.69, 9.17) is 0 Å². The number of piperidine rings is 1. The van der Waals surface area contributed by atoms with Crippen molar-refractivity contribution in [2.24, 2.45) is 0 Å². The van der Waals surface area contributed by atoms with E-state index in [2.05, 4.69) is 10.6 Å². The van der Waals surface area contributed by atoms with E-state index in [1.54, 1.807) is 16.4 Å². The molecule has 8 heteroatoms. The van der Waals surface area contributed by atoms with E-state index in [0.29, 0.717) is 5.69 Å². The molecule has 1 aliphatic heterocycles. The van der Waals surface area contributed by atoms with Gasteiger partial charge in [-0.3, -0.25) is 9.59 Å². The minimum absolute atomic E-state index is 0.0353. The molecule has 0 saturated carbocycles. The average molecular weight is 458 g/mol. The van der Waals surface area contributed by atoms with Crippen LogP contribution in [-0.4, -0.2) is 36.6 Å². The fourth-order valence-electron chi connectivity index (χ4n) is 4.28. The lowest BCUT2D eigenvalue weighted by atomic mass is 10.0. The molecule has 3 rings (SSSR count). The van der Waals surface area contributed by atoms with Crippen LogP contribution >= 0.6 is 0 Å². The van der Waals surface area contributed by atoms with Gasteiger partial charge in [-0.25, -0.2) is 8.42 Å². The molecule has 2 aromatic carbocycles. The van der Waals surface area contributed by atoms with Crippen molar-refractivity contribution in [1.82, 2.24) is 9.62 Å². The Balaban J connectivity index is 1.69. The van der Waals surface area contributed by atoms with Crippen molar-refractivity contribution < 1.29 is 18.0 Å². The molecule has 2 aromatic rings. The molecule has 7 nitrogen and oxygen atoms in total. The maximum absolute atomic E-state index is 13.1. The smallest absolute Gasteiger partial charge is 0.243 e. The molecule has 3 unspecified atom stereocenters. The number of hydrogen-bond acceptors (Lipinski definition) is 4. The third-order valence-corrected chi connectivity index (χ3v) is 7.94. The predicted octanol–water partition coefficient (Wildman–Crippen LogP) is 3.84. The maximum Gasteiger partial charge on any atom is 0.243 e. The van der Waals surface area contributed by atoms with Crippen molar-refractivity contribution in [3.05, 3.63) is 60.2 Å². The molecule has 1 fully saturated rings. The molecule has 0 aliphatic carbocycles. The summed E-state index contributed by atoms with van der Waals surface area (Å²) in [5.74, 6) is -0.496. The summed E-state index contributed by atoms with van der Waals surface area (Å²) in [5.41, 5.74) is 1.34. The van der Waals surface area contributed by atoms with Crippen molar-refractivity contribution in [2.75, 3.05) is 5.32 Å². The number of hydrogen-bond donors (Lipinski definition) is 2. The van der Waals surface area contributed by atoms with Gasteiger partial charge < -0.3 is 10.6 Å². The van der Waals surface area contributed by atoms with Crippen LogP contribution in [0.15, 0.2) is 59.5 Å². The molecule has 172 valence electrons. The number of anilines is 1. The molecular weight excluding hydrogens is 426 g/mol. The highest BCUT2D eigenvalue weighted by Gasteiger charge is 2.35. The molecular formula is C24H31N3O4S. The van der Waals surface area contributed by atoms with Crippen LogP contribution in [0, 0.1) is 0 Å². The van der Waals surface area contributed by atoms with Gasteiger partial charge in [-0.2, -0.15) is 4.31 Å². The Morgan fingerprint density at radius 1 is 1.00 bits per heavy atom. The minimum Gasteiger partial charge on any atom is -0.349 e. The van der Waals surface area contributed by atoms with Crippen LogP contribution in [-0.2, 0) is 19.6 Å². The normalized spacial score (nSPS) is 20.3. The SMILES string of the molecule is CC(=O)NC(CC(=O)Nc1ccc(S(=O)(=O)N2C(C)CCCC2C)cc1)c1ccccc1. The summed E-state index contributed by atoms with van der Waals surface area (Å²) in [6, 6.07) is 15.0. The highest BCUT2D eigenvalue weighted by atomic mass is 32.2. The minimum atomic E-state index is -3.60. The van der Waals surface area contributed by atoms with Crippen molar-refractivity contribution in [2.45, 2.75) is 69.5 Å². The quantitative estimate of drug-likeness (QED) is 0.660. The van der Waals surface area contributed by atoms with Crippen LogP contribution in [0.25, 0.3) is 0 Å². The van der Waals surface area contributed by atoms with Gasteiger partial charge in [-0.05, 0) is 56.5 Å². The molecule has 0 bridgehead atoms. The first-order valence-corrected chi connectivity index (χ1v) is 12.4. The van der Waals surface area contributed by atoms with Gasteiger partial charge in [0.25, 0.3) is 0 Å². The number of benzene rings is 2. The van der Waals surface area contributed by atoms with Crippen LogP contribution in [0.4, 0.5) is 5.69 Å². The van der Waals surface area contributed by atoms with E-state index in [0.717, 1.165) is 24.8 Å². The standard InChI is InChI=1S/C24H31N3O4S/c1-17-8-7-9-18(2)27(17)32(30,31)22-14-12-21(13-15-22)26-24(29)16-23(25-19(3)28)20-10-5-4-6-11-20/h4-6,10-15,17-18,23H,7-9,16H2,1-3H3,(H,25,28)(H,26,29). The van der Waals surface area contributed by atoms with E-state index < -0.39 is 16.1 Å². The summed E-state index contributed by atoms with van der Waals surface area (Å²) in [5, 5.41) is 5.59. The molecule has 32 heavy (non-hydrogen) atoms. The number of amides is 2. The Bertz CT molecular complexity index is 1030. The van der Waals surface area contributed by atoms with Gasteiger partial charge >= 0.3 is 0 Å². The van der Waals surface area contributed by atoms with Gasteiger partial charge in [-0.15, -0.1) is 0 Å². The zero-order valence-electron chi connectivity index (χ0n) is 18.7. The van der Waals surface area contributed by atoms with Crippen LogP contribution < -0.4 is 10.6 Å². The summed E-state index contributed by atoms with van der Waals surface area (Å²) in [6.45, 7) is 5.30. The van der Waals surface area contributed by atoms with Crippen LogP contribution in [0.5, 0.6) is 0 Å². The van der Waals surface area contributed by atoms with Crippen molar-refractivity contribution in [3.63, 3.8) is 0 Å². The number of sulfonamides is 1. The number of carbonyl (C=O) groups excluding carboxylic acids is 2. The Morgan fingerprint density at radius 2 is 1.59 bits per heavy atom.